The van der Waals surface area contributed by atoms with E-state index in [1.165, 1.54) is 38.5 Å². The summed E-state index contributed by atoms with van der Waals surface area (Å²) in [6.45, 7) is 5.21. The van der Waals surface area contributed by atoms with Crippen molar-refractivity contribution in [1.29, 1.82) is 0 Å². The predicted molar refractivity (Wildman–Crippen MR) is 110 cm³/mol. The number of hydrogen-bond donors (Lipinski definition) is 0. The van der Waals surface area contributed by atoms with Gasteiger partial charge in [0.05, 0.1) is 13.2 Å². The Bertz CT molecular complexity index is 420. The van der Waals surface area contributed by atoms with E-state index < -0.39 is 0 Å². The largest absolute Gasteiger partial charge is 0.466 e. The van der Waals surface area contributed by atoms with E-state index in [9.17, 15) is 9.59 Å². The number of carbonyl (C=O) groups excluding carboxylic acids is 2. The summed E-state index contributed by atoms with van der Waals surface area (Å²) in [5, 5.41) is 0. The quantitative estimate of drug-likeness (QED) is 0.177. The highest BCUT2D eigenvalue weighted by Gasteiger charge is 2.07. The lowest BCUT2D eigenvalue weighted by Gasteiger charge is -2.06. The van der Waals surface area contributed by atoms with E-state index >= 15 is 0 Å². The van der Waals surface area contributed by atoms with Gasteiger partial charge in [0.15, 0.2) is 0 Å². The monoisotopic (exact) mass is 380 g/mol. The highest BCUT2D eigenvalue weighted by Crippen LogP contribution is 2.08. The van der Waals surface area contributed by atoms with Gasteiger partial charge in [0.25, 0.3) is 0 Å². The smallest absolute Gasteiger partial charge is 0.305 e. The molecule has 0 amide bonds. The molecule has 0 aliphatic carbocycles. The Labute approximate surface area is 166 Å². The molecule has 0 heterocycles. The Kier molecular flexibility index (Phi) is 19.7. The Morgan fingerprint density at radius 2 is 1.15 bits per heavy atom. The average Bonchev–Trinajstić information content (AvgIpc) is 2.66. The maximum atomic E-state index is 11.6. The van der Waals surface area contributed by atoms with E-state index in [2.05, 4.69) is 25.7 Å². The Morgan fingerprint density at radius 1 is 0.630 bits per heavy atom. The molecule has 4 heteroatoms. The predicted octanol–water partition coefficient (Wildman–Crippen LogP) is 5.97. The fourth-order valence-corrected chi connectivity index (χ4v) is 2.66. The topological polar surface area (TPSA) is 52.6 Å². The molecule has 0 unspecified atom stereocenters. The third-order valence-electron chi connectivity index (χ3n) is 4.28. The molecule has 0 bridgehead atoms. The van der Waals surface area contributed by atoms with E-state index in [4.69, 9.17) is 9.47 Å². The van der Waals surface area contributed by atoms with E-state index in [1.807, 2.05) is 0 Å². The summed E-state index contributed by atoms with van der Waals surface area (Å²) >= 11 is 0. The van der Waals surface area contributed by atoms with Crippen LogP contribution in [0, 0.1) is 11.8 Å². The zero-order chi connectivity index (χ0) is 20.0. The molecule has 27 heavy (non-hydrogen) atoms. The Morgan fingerprint density at radius 3 is 1.70 bits per heavy atom. The Balaban J connectivity index is 3.33. The van der Waals surface area contributed by atoms with Crippen molar-refractivity contribution in [2.45, 2.75) is 110 Å². The SMILES string of the molecule is CCC#CCCCCCCCCOC(=O)CCCC(=O)OCCCCCC. The number of unbranched alkanes of at least 4 members (excludes halogenated alkanes) is 9. The van der Waals surface area contributed by atoms with Crippen LogP contribution in [0.15, 0.2) is 0 Å². The zero-order valence-electron chi connectivity index (χ0n) is 17.7. The van der Waals surface area contributed by atoms with Crippen LogP contribution in [0.4, 0.5) is 0 Å². The molecule has 0 radical (unpaired) electrons. The molecule has 0 atom stereocenters. The number of carbonyl (C=O) groups is 2. The normalized spacial score (nSPS) is 10.1. The van der Waals surface area contributed by atoms with Gasteiger partial charge in [-0.15, -0.1) is 11.8 Å². The van der Waals surface area contributed by atoms with Crippen LogP contribution in [0.3, 0.4) is 0 Å². The molecule has 0 aromatic rings. The molecule has 0 N–H and O–H groups in total. The third-order valence-corrected chi connectivity index (χ3v) is 4.28. The molecule has 0 saturated heterocycles. The second-order valence-corrected chi connectivity index (χ2v) is 6.93. The van der Waals surface area contributed by atoms with Gasteiger partial charge in [-0.05, 0) is 25.7 Å². The van der Waals surface area contributed by atoms with Gasteiger partial charge in [0.1, 0.15) is 0 Å². The third kappa shape index (κ3) is 20.7. The standard InChI is InChI=1S/C23H40O4/c1-3-5-7-9-10-11-12-13-14-16-21-27-23(25)19-17-18-22(24)26-20-15-8-6-4-2/h3-4,6,8-21H2,1-2H3. The van der Waals surface area contributed by atoms with Crippen LogP contribution < -0.4 is 0 Å². The fraction of sp³-hybridized carbons (Fsp3) is 0.826. The van der Waals surface area contributed by atoms with Crippen molar-refractivity contribution in [3.8, 4) is 11.8 Å². The summed E-state index contributed by atoms with van der Waals surface area (Å²) in [5.74, 6) is 5.84. The molecule has 0 fully saturated rings. The van der Waals surface area contributed by atoms with Crippen molar-refractivity contribution in [2.24, 2.45) is 0 Å². The van der Waals surface area contributed by atoms with Gasteiger partial charge >= 0.3 is 11.9 Å². The van der Waals surface area contributed by atoms with Crippen molar-refractivity contribution in [1.82, 2.24) is 0 Å². The van der Waals surface area contributed by atoms with E-state index in [0.717, 1.165) is 38.5 Å². The first-order chi connectivity index (χ1) is 13.2. The number of hydrogen-bond acceptors (Lipinski definition) is 4. The first-order valence-corrected chi connectivity index (χ1v) is 11.0. The second-order valence-electron chi connectivity index (χ2n) is 6.93. The van der Waals surface area contributed by atoms with Crippen molar-refractivity contribution < 1.29 is 19.1 Å². The van der Waals surface area contributed by atoms with Crippen LogP contribution in [0.5, 0.6) is 0 Å². The van der Waals surface area contributed by atoms with Crippen LogP contribution in [0.2, 0.25) is 0 Å². The van der Waals surface area contributed by atoms with E-state index in [0.29, 0.717) is 32.5 Å². The summed E-state index contributed by atoms with van der Waals surface area (Å²) in [5.41, 5.74) is 0. The minimum Gasteiger partial charge on any atom is -0.466 e. The minimum atomic E-state index is -0.208. The fourth-order valence-electron chi connectivity index (χ4n) is 2.66. The summed E-state index contributed by atoms with van der Waals surface area (Å²) < 4.78 is 10.4. The summed E-state index contributed by atoms with van der Waals surface area (Å²) in [6, 6.07) is 0. The van der Waals surface area contributed by atoms with Gasteiger partial charge in [-0.2, -0.15) is 0 Å². The van der Waals surface area contributed by atoms with Crippen molar-refractivity contribution >= 4 is 11.9 Å². The van der Waals surface area contributed by atoms with Crippen molar-refractivity contribution in [3.63, 3.8) is 0 Å². The first kappa shape index (κ1) is 25.5. The van der Waals surface area contributed by atoms with Crippen LogP contribution >= 0.6 is 0 Å². The Hall–Kier alpha value is -1.50. The lowest BCUT2D eigenvalue weighted by atomic mass is 10.1. The van der Waals surface area contributed by atoms with Crippen molar-refractivity contribution in [2.75, 3.05) is 13.2 Å². The van der Waals surface area contributed by atoms with E-state index in [-0.39, 0.29) is 11.9 Å². The van der Waals surface area contributed by atoms with Gasteiger partial charge in [-0.3, -0.25) is 9.59 Å². The molecule has 0 aliphatic heterocycles. The summed E-state index contributed by atoms with van der Waals surface area (Å²) in [7, 11) is 0. The van der Waals surface area contributed by atoms with Gasteiger partial charge in [0.2, 0.25) is 0 Å². The lowest BCUT2D eigenvalue weighted by molar-refractivity contribution is -0.145. The maximum absolute atomic E-state index is 11.6. The molecule has 4 nitrogen and oxygen atoms in total. The highest BCUT2D eigenvalue weighted by molar-refractivity contribution is 5.72. The van der Waals surface area contributed by atoms with Crippen LogP contribution in [0.25, 0.3) is 0 Å². The number of ether oxygens (including phenoxy) is 2. The molecule has 0 aliphatic rings. The van der Waals surface area contributed by atoms with Crippen LogP contribution in [-0.4, -0.2) is 25.2 Å². The van der Waals surface area contributed by atoms with Crippen LogP contribution in [0.1, 0.15) is 110 Å². The molecular formula is C23H40O4. The lowest BCUT2D eigenvalue weighted by Crippen LogP contribution is -2.09. The average molecular weight is 381 g/mol. The van der Waals surface area contributed by atoms with Gasteiger partial charge in [-0.25, -0.2) is 0 Å². The molecule has 0 spiro atoms. The highest BCUT2D eigenvalue weighted by atomic mass is 16.5. The maximum Gasteiger partial charge on any atom is 0.305 e. The molecule has 0 saturated carbocycles. The van der Waals surface area contributed by atoms with Gasteiger partial charge < -0.3 is 9.47 Å². The second kappa shape index (κ2) is 20.8. The van der Waals surface area contributed by atoms with Gasteiger partial charge in [-0.1, -0.05) is 58.8 Å². The summed E-state index contributed by atoms with van der Waals surface area (Å²) in [4.78, 5) is 23.2. The minimum absolute atomic E-state index is 0.208. The first-order valence-electron chi connectivity index (χ1n) is 11.0. The molecular weight excluding hydrogens is 340 g/mol. The van der Waals surface area contributed by atoms with Crippen molar-refractivity contribution in [3.05, 3.63) is 0 Å². The summed E-state index contributed by atoms with van der Waals surface area (Å²) in [6.07, 6.45) is 14.3. The zero-order valence-corrected chi connectivity index (χ0v) is 17.7. The van der Waals surface area contributed by atoms with Crippen LogP contribution in [-0.2, 0) is 19.1 Å². The molecule has 0 aromatic heterocycles. The molecule has 0 aromatic carbocycles. The van der Waals surface area contributed by atoms with E-state index in [1.54, 1.807) is 0 Å². The molecule has 0 rings (SSSR count). The number of esters is 2. The number of rotatable bonds is 17. The van der Waals surface area contributed by atoms with Gasteiger partial charge in [0, 0.05) is 25.7 Å². The molecule has 156 valence electrons.